The van der Waals surface area contributed by atoms with E-state index in [4.69, 9.17) is 9.47 Å². The number of imidazole rings is 1. The molecular formula is C34H40N4O5. The molecule has 2 heterocycles. The number of fused-ring (bicyclic) bond motifs is 1. The summed E-state index contributed by atoms with van der Waals surface area (Å²) >= 11 is 0. The number of unbranched alkanes of at least 4 members (excludes halogenated alkanes) is 2. The molecule has 43 heavy (non-hydrogen) atoms. The second kappa shape index (κ2) is 14.9. The van der Waals surface area contributed by atoms with E-state index in [-0.39, 0.29) is 30.6 Å². The summed E-state index contributed by atoms with van der Waals surface area (Å²) in [5.41, 5.74) is 5.82. The van der Waals surface area contributed by atoms with E-state index >= 15 is 0 Å². The Morgan fingerprint density at radius 2 is 1.65 bits per heavy atom. The number of benzene rings is 3. The van der Waals surface area contributed by atoms with Gasteiger partial charge < -0.3 is 29.8 Å². The van der Waals surface area contributed by atoms with Crippen LogP contribution >= 0.6 is 0 Å². The molecule has 0 bridgehead atoms. The van der Waals surface area contributed by atoms with Crippen molar-refractivity contribution in [2.75, 3.05) is 6.54 Å². The van der Waals surface area contributed by atoms with Gasteiger partial charge in [-0.3, -0.25) is 9.59 Å². The molecule has 9 nitrogen and oxygen atoms in total. The number of hydrogen-bond acceptors (Lipinski definition) is 6. The zero-order valence-electron chi connectivity index (χ0n) is 24.6. The summed E-state index contributed by atoms with van der Waals surface area (Å²) in [6.07, 6.45) is 4.72. The zero-order chi connectivity index (χ0) is 30.0. The van der Waals surface area contributed by atoms with Crippen LogP contribution in [0, 0.1) is 0 Å². The standard InChI is InChI=1S/C34H40N4O5/c1-24(40)35-18-6-2-3-9-33(41)36-20-25-10-16-28(17-11-25)34-42-29(21-38-23-37-30-7-4-5-8-31(30)38)19-32(43-34)27-14-12-26(22-39)13-15-27/h4-5,7-8,10-17,23,29,32,34,39H,2-3,6,9,18-22H2,1H3,(H,35,40)(H,36,41). The van der Waals surface area contributed by atoms with Crippen molar-refractivity contribution >= 4 is 22.8 Å². The van der Waals surface area contributed by atoms with Crippen molar-refractivity contribution in [1.29, 1.82) is 0 Å². The molecule has 2 amide bonds. The first-order valence-electron chi connectivity index (χ1n) is 15.0. The zero-order valence-corrected chi connectivity index (χ0v) is 24.6. The van der Waals surface area contributed by atoms with Crippen LogP contribution in [-0.4, -0.2) is 39.1 Å². The van der Waals surface area contributed by atoms with Crippen LogP contribution in [0.1, 0.15) is 73.7 Å². The number of carbonyl (C=O) groups is 2. The van der Waals surface area contributed by atoms with E-state index in [1.165, 1.54) is 6.92 Å². The minimum absolute atomic E-state index is 0.000601. The Kier molecular flexibility index (Phi) is 10.5. The molecule has 3 N–H and O–H groups in total. The highest BCUT2D eigenvalue weighted by Gasteiger charge is 2.32. The number of para-hydroxylation sites is 2. The molecule has 3 atom stereocenters. The Hall–Kier alpha value is -4.05. The Morgan fingerprint density at radius 3 is 2.42 bits per heavy atom. The van der Waals surface area contributed by atoms with E-state index in [1.54, 1.807) is 0 Å². The summed E-state index contributed by atoms with van der Waals surface area (Å²) in [6, 6.07) is 23.9. The highest BCUT2D eigenvalue weighted by Crippen LogP contribution is 2.38. The van der Waals surface area contributed by atoms with Crippen LogP contribution in [0.25, 0.3) is 11.0 Å². The molecule has 1 fully saturated rings. The van der Waals surface area contributed by atoms with Crippen LogP contribution < -0.4 is 10.6 Å². The lowest BCUT2D eigenvalue weighted by molar-refractivity contribution is -0.252. The van der Waals surface area contributed by atoms with Crippen molar-refractivity contribution < 1.29 is 24.2 Å². The van der Waals surface area contributed by atoms with Crippen molar-refractivity contribution in [2.24, 2.45) is 0 Å². The molecule has 0 radical (unpaired) electrons. The highest BCUT2D eigenvalue weighted by molar-refractivity contribution is 5.76. The third-order valence-corrected chi connectivity index (χ3v) is 7.74. The predicted octanol–water partition coefficient (Wildman–Crippen LogP) is 5.09. The van der Waals surface area contributed by atoms with Crippen LogP contribution in [-0.2, 0) is 38.8 Å². The number of aliphatic hydroxyl groups excluding tert-OH is 1. The molecule has 0 saturated carbocycles. The Balaban J connectivity index is 1.20. The summed E-state index contributed by atoms with van der Waals surface area (Å²) < 4.78 is 15.1. The van der Waals surface area contributed by atoms with Gasteiger partial charge in [-0.1, -0.05) is 67.1 Å². The maximum absolute atomic E-state index is 12.3. The third-order valence-electron chi connectivity index (χ3n) is 7.74. The number of amides is 2. The fraction of sp³-hybridized carbons (Fsp3) is 0.382. The van der Waals surface area contributed by atoms with Gasteiger partial charge in [-0.15, -0.1) is 0 Å². The van der Waals surface area contributed by atoms with E-state index in [2.05, 4.69) is 26.3 Å². The van der Waals surface area contributed by atoms with Crippen molar-refractivity contribution in [3.63, 3.8) is 0 Å². The fourth-order valence-electron chi connectivity index (χ4n) is 5.34. The minimum atomic E-state index is -0.558. The molecule has 3 unspecified atom stereocenters. The fourth-order valence-corrected chi connectivity index (χ4v) is 5.34. The molecule has 0 spiro atoms. The summed E-state index contributed by atoms with van der Waals surface area (Å²) in [7, 11) is 0. The average molecular weight is 585 g/mol. The van der Waals surface area contributed by atoms with Gasteiger partial charge >= 0.3 is 0 Å². The molecule has 9 heteroatoms. The first-order valence-corrected chi connectivity index (χ1v) is 15.0. The number of aliphatic hydroxyl groups is 1. The summed E-state index contributed by atoms with van der Waals surface area (Å²) in [5.74, 6) is -0.00534. The number of hydrogen-bond donors (Lipinski definition) is 3. The normalized spacial score (nSPS) is 18.4. The first-order chi connectivity index (χ1) is 21.0. The lowest BCUT2D eigenvalue weighted by Crippen LogP contribution is -2.32. The average Bonchev–Trinajstić information content (AvgIpc) is 3.44. The lowest BCUT2D eigenvalue weighted by Gasteiger charge is -2.36. The second-order valence-corrected chi connectivity index (χ2v) is 11.0. The van der Waals surface area contributed by atoms with E-state index < -0.39 is 6.29 Å². The van der Waals surface area contributed by atoms with Gasteiger partial charge in [0.15, 0.2) is 6.29 Å². The SMILES string of the molecule is CC(=O)NCCCCCC(=O)NCc1ccc(C2OC(Cn3cnc4ccccc43)CC(c3ccc(CO)cc3)O2)cc1. The maximum atomic E-state index is 12.3. The van der Waals surface area contributed by atoms with Crippen molar-refractivity contribution in [1.82, 2.24) is 20.2 Å². The molecule has 226 valence electrons. The van der Waals surface area contributed by atoms with Gasteiger partial charge in [-0.05, 0) is 41.7 Å². The van der Waals surface area contributed by atoms with Crippen molar-refractivity contribution in [3.8, 4) is 0 Å². The smallest absolute Gasteiger partial charge is 0.220 e. The van der Waals surface area contributed by atoms with Crippen LogP contribution in [0.5, 0.6) is 0 Å². The monoisotopic (exact) mass is 584 g/mol. The molecule has 1 saturated heterocycles. The number of aromatic nitrogens is 2. The maximum Gasteiger partial charge on any atom is 0.220 e. The van der Waals surface area contributed by atoms with Gasteiger partial charge in [0.05, 0.1) is 42.7 Å². The summed E-state index contributed by atoms with van der Waals surface area (Å²) in [5, 5.41) is 15.2. The Bertz CT molecular complexity index is 1480. The number of carbonyl (C=O) groups excluding carboxylic acids is 2. The van der Waals surface area contributed by atoms with E-state index in [0.29, 0.717) is 32.5 Å². The Morgan fingerprint density at radius 1 is 0.907 bits per heavy atom. The van der Waals surface area contributed by atoms with Gasteiger partial charge in [0.1, 0.15) is 0 Å². The molecular weight excluding hydrogens is 544 g/mol. The quantitative estimate of drug-likeness (QED) is 0.189. The largest absolute Gasteiger partial charge is 0.392 e. The topological polar surface area (TPSA) is 115 Å². The van der Waals surface area contributed by atoms with Gasteiger partial charge in [0.2, 0.25) is 11.8 Å². The minimum Gasteiger partial charge on any atom is -0.392 e. The third kappa shape index (κ3) is 8.50. The molecule has 1 aliphatic heterocycles. The van der Waals surface area contributed by atoms with Crippen LogP contribution in [0.4, 0.5) is 0 Å². The molecule has 4 aromatic rings. The molecule has 0 aliphatic carbocycles. The number of nitrogens with one attached hydrogen (secondary N) is 2. The van der Waals surface area contributed by atoms with Crippen LogP contribution in [0.2, 0.25) is 0 Å². The van der Waals surface area contributed by atoms with Gasteiger partial charge in [0, 0.05) is 38.4 Å². The van der Waals surface area contributed by atoms with Crippen molar-refractivity contribution in [2.45, 2.75) is 77.2 Å². The highest BCUT2D eigenvalue weighted by atomic mass is 16.7. The lowest BCUT2D eigenvalue weighted by atomic mass is 9.99. The van der Waals surface area contributed by atoms with Gasteiger partial charge in [0.25, 0.3) is 0 Å². The number of nitrogens with zero attached hydrogens (tertiary/aromatic N) is 2. The van der Waals surface area contributed by atoms with Gasteiger partial charge in [-0.25, -0.2) is 4.98 Å². The summed E-state index contributed by atoms with van der Waals surface area (Å²) in [6.45, 7) is 3.25. The predicted molar refractivity (Wildman–Crippen MR) is 164 cm³/mol. The summed E-state index contributed by atoms with van der Waals surface area (Å²) in [4.78, 5) is 27.8. The van der Waals surface area contributed by atoms with E-state index in [1.807, 2.05) is 73.1 Å². The van der Waals surface area contributed by atoms with Gasteiger partial charge in [-0.2, -0.15) is 0 Å². The van der Waals surface area contributed by atoms with Crippen molar-refractivity contribution in [3.05, 3.63) is 101 Å². The molecule has 3 aromatic carbocycles. The Labute approximate surface area is 252 Å². The number of rotatable bonds is 13. The first kappa shape index (κ1) is 30.4. The molecule has 5 rings (SSSR count). The molecule has 1 aliphatic rings. The molecule has 1 aromatic heterocycles. The van der Waals surface area contributed by atoms with E-state index in [0.717, 1.165) is 52.5 Å². The number of ether oxygens (including phenoxy) is 2. The van der Waals surface area contributed by atoms with Crippen LogP contribution in [0.3, 0.4) is 0 Å². The van der Waals surface area contributed by atoms with E-state index in [9.17, 15) is 14.7 Å². The van der Waals surface area contributed by atoms with Crippen LogP contribution in [0.15, 0.2) is 79.1 Å². The second-order valence-electron chi connectivity index (χ2n) is 11.0.